The summed E-state index contributed by atoms with van der Waals surface area (Å²) in [6.07, 6.45) is 7.67. The first-order valence-corrected chi connectivity index (χ1v) is 10.5. The van der Waals surface area contributed by atoms with Crippen LogP contribution < -0.4 is 4.90 Å². The summed E-state index contributed by atoms with van der Waals surface area (Å²) in [4.78, 5) is 26.1. The van der Waals surface area contributed by atoms with Crippen LogP contribution in [-0.2, 0) is 4.79 Å². The number of anilines is 1. The molecule has 2 aromatic heterocycles. The Morgan fingerprint density at radius 2 is 1.96 bits per heavy atom. The fraction of sp³-hybridized carbons (Fsp3) is 0.619. The summed E-state index contributed by atoms with van der Waals surface area (Å²) in [7, 11) is 0. The largest absolute Gasteiger partial charge is 0.356 e. The highest BCUT2D eigenvalue weighted by Gasteiger charge is 2.28. The van der Waals surface area contributed by atoms with Crippen LogP contribution in [0.5, 0.6) is 0 Å². The van der Waals surface area contributed by atoms with E-state index in [0.717, 1.165) is 74.1 Å². The van der Waals surface area contributed by atoms with Crippen LogP contribution in [0.4, 0.5) is 5.95 Å². The Morgan fingerprint density at radius 3 is 2.61 bits per heavy atom. The molecule has 7 heteroatoms. The zero-order chi connectivity index (χ0) is 19.5. The van der Waals surface area contributed by atoms with Gasteiger partial charge < -0.3 is 14.3 Å². The van der Waals surface area contributed by atoms with E-state index < -0.39 is 0 Å². The minimum Gasteiger partial charge on any atom is -0.356 e. The van der Waals surface area contributed by atoms with Gasteiger partial charge in [0.1, 0.15) is 0 Å². The minimum atomic E-state index is 0.271. The van der Waals surface area contributed by atoms with Gasteiger partial charge in [-0.15, -0.1) is 0 Å². The summed E-state index contributed by atoms with van der Waals surface area (Å²) in [5, 5.41) is 4.04. The lowest BCUT2D eigenvalue weighted by molar-refractivity contribution is -0.132. The van der Waals surface area contributed by atoms with E-state index in [1.165, 1.54) is 12.8 Å². The molecule has 0 radical (unpaired) electrons. The van der Waals surface area contributed by atoms with Crippen molar-refractivity contribution in [2.24, 2.45) is 0 Å². The van der Waals surface area contributed by atoms with Gasteiger partial charge in [-0.05, 0) is 39.0 Å². The molecule has 0 bridgehead atoms. The van der Waals surface area contributed by atoms with Gasteiger partial charge in [-0.3, -0.25) is 4.79 Å². The summed E-state index contributed by atoms with van der Waals surface area (Å²) in [5.74, 6) is 2.12. The Hall–Kier alpha value is -2.44. The van der Waals surface area contributed by atoms with Crippen molar-refractivity contribution < 1.29 is 9.32 Å². The highest BCUT2D eigenvalue weighted by Crippen LogP contribution is 2.35. The summed E-state index contributed by atoms with van der Waals surface area (Å²) < 4.78 is 5.53. The van der Waals surface area contributed by atoms with Crippen LogP contribution in [0.1, 0.15) is 62.8 Å². The van der Waals surface area contributed by atoms with E-state index >= 15 is 0 Å². The highest BCUT2D eigenvalue weighted by atomic mass is 16.5. The Morgan fingerprint density at radius 1 is 1.21 bits per heavy atom. The first-order chi connectivity index (χ1) is 13.7. The van der Waals surface area contributed by atoms with Crippen molar-refractivity contribution >= 4 is 11.9 Å². The van der Waals surface area contributed by atoms with Crippen LogP contribution in [-0.4, -0.2) is 52.1 Å². The maximum absolute atomic E-state index is 12.2. The highest BCUT2D eigenvalue weighted by molar-refractivity contribution is 5.76. The molecule has 0 aliphatic carbocycles. The van der Waals surface area contributed by atoms with Crippen LogP contribution in [0.3, 0.4) is 0 Å². The van der Waals surface area contributed by atoms with Gasteiger partial charge in [-0.25, -0.2) is 9.97 Å². The Balaban J connectivity index is 1.60. The molecular weight excluding hydrogens is 354 g/mol. The number of piperidine rings is 1. The maximum atomic E-state index is 12.2. The second-order valence-corrected chi connectivity index (χ2v) is 7.90. The van der Waals surface area contributed by atoms with E-state index in [1.807, 2.05) is 24.1 Å². The molecule has 2 saturated heterocycles. The summed E-state index contributed by atoms with van der Waals surface area (Å²) in [6.45, 7) is 7.60. The Labute approximate surface area is 166 Å². The van der Waals surface area contributed by atoms with Crippen LogP contribution in [0.15, 0.2) is 16.8 Å². The quantitative estimate of drug-likeness (QED) is 0.786. The number of hydrogen-bond acceptors (Lipinski definition) is 6. The predicted octanol–water partition coefficient (Wildman–Crippen LogP) is 3.55. The van der Waals surface area contributed by atoms with Gasteiger partial charge in [0, 0.05) is 50.8 Å². The van der Waals surface area contributed by atoms with Crippen molar-refractivity contribution in [1.82, 2.24) is 20.0 Å². The molecular formula is C21H29N5O2. The molecule has 4 rings (SSSR count). The molecule has 28 heavy (non-hydrogen) atoms. The number of nitrogens with zero attached hydrogens (tertiary/aromatic N) is 5. The van der Waals surface area contributed by atoms with Gasteiger partial charge in [0.15, 0.2) is 5.76 Å². The third-order valence-corrected chi connectivity index (χ3v) is 5.79. The molecule has 1 amide bonds. The first-order valence-electron chi connectivity index (χ1n) is 10.5. The second-order valence-electron chi connectivity index (χ2n) is 7.90. The molecule has 0 spiro atoms. The average molecular weight is 383 g/mol. The van der Waals surface area contributed by atoms with Crippen molar-refractivity contribution in [2.75, 3.05) is 31.1 Å². The standard InChI is InChI=1S/C21H29N5O2/c1-3-6-19(27)25-11-7-16(8-12-25)20-17(18-13-15(2)24-28-18)14-22-21(23-20)26-9-4-5-10-26/h13-14,16H,3-12H2,1-2H3. The number of hydrogen-bond donors (Lipinski definition) is 0. The van der Waals surface area contributed by atoms with Gasteiger partial charge >= 0.3 is 0 Å². The second kappa shape index (κ2) is 8.29. The Bertz CT molecular complexity index is 820. The zero-order valence-electron chi connectivity index (χ0n) is 16.9. The number of aromatic nitrogens is 3. The van der Waals surface area contributed by atoms with E-state index in [1.54, 1.807) is 0 Å². The molecule has 0 saturated carbocycles. The topological polar surface area (TPSA) is 75.4 Å². The molecule has 0 atom stereocenters. The van der Waals surface area contributed by atoms with Crippen LogP contribution >= 0.6 is 0 Å². The maximum Gasteiger partial charge on any atom is 0.225 e. The molecule has 2 fully saturated rings. The number of amides is 1. The number of carbonyl (C=O) groups excluding carboxylic acids is 1. The fourth-order valence-corrected chi connectivity index (χ4v) is 4.22. The fourth-order valence-electron chi connectivity index (χ4n) is 4.22. The molecule has 0 N–H and O–H groups in total. The van der Waals surface area contributed by atoms with Crippen molar-refractivity contribution in [3.8, 4) is 11.3 Å². The molecule has 2 aromatic rings. The van der Waals surface area contributed by atoms with E-state index in [4.69, 9.17) is 9.51 Å². The minimum absolute atomic E-state index is 0.271. The van der Waals surface area contributed by atoms with E-state index in [0.29, 0.717) is 12.3 Å². The van der Waals surface area contributed by atoms with E-state index in [9.17, 15) is 4.79 Å². The SMILES string of the molecule is CCCC(=O)N1CCC(c2nc(N3CCCC3)ncc2-c2cc(C)no2)CC1. The smallest absolute Gasteiger partial charge is 0.225 e. The lowest BCUT2D eigenvalue weighted by Crippen LogP contribution is -2.38. The van der Waals surface area contributed by atoms with E-state index in [-0.39, 0.29) is 5.91 Å². The third-order valence-electron chi connectivity index (χ3n) is 5.79. The van der Waals surface area contributed by atoms with Crippen molar-refractivity contribution in [3.05, 3.63) is 23.7 Å². The average Bonchev–Trinajstić information content (AvgIpc) is 3.40. The van der Waals surface area contributed by atoms with Gasteiger partial charge in [-0.2, -0.15) is 0 Å². The molecule has 2 aliphatic heterocycles. The molecule has 0 unspecified atom stereocenters. The summed E-state index contributed by atoms with van der Waals surface area (Å²) in [6, 6.07) is 1.94. The molecule has 7 nitrogen and oxygen atoms in total. The number of aryl methyl sites for hydroxylation is 1. The van der Waals surface area contributed by atoms with E-state index in [2.05, 4.69) is 22.0 Å². The molecule has 0 aromatic carbocycles. The van der Waals surface area contributed by atoms with Crippen molar-refractivity contribution in [1.29, 1.82) is 0 Å². The normalized spacial score (nSPS) is 18.1. The third kappa shape index (κ3) is 3.88. The van der Waals surface area contributed by atoms with Gasteiger partial charge in [0.25, 0.3) is 0 Å². The molecule has 2 aliphatic rings. The summed E-state index contributed by atoms with van der Waals surface area (Å²) in [5.41, 5.74) is 2.82. The number of carbonyl (C=O) groups is 1. The first kappa shape index (κ1) is 18.9. The van der Waals surface area contributed by atoms with Crippen LogP contribution in [0, 0.1) is 6.92 Å². The van der Waals surface area contributed by atoms with Gasteiger partial charge in [-0.1, -0.05) is 12.1 Å². The molecule has 4 heterocycles. The molecule has 150 valence electrons. The number of likely N-dealkylation sites (tertiary alicyclic amines) is 1. The van der Waals surface area contributed by atoms with Crippen molar-refractivity contribution in [3.63, 3.8) is 0 Å². The monoisotopic (exact) mass is 383 g/mol. The summed E-state index contributed by atoms with van der Waals surface area (Å²) >= 11 is 0. The lowest BCUT2D eigenvalue weighted by atomic mass is 9.90. The van der Waals surface area contributed by atoms with Crippen LogP contribution in [0.2, 0.25) is 0 Å². The van der Waals surface area contributed by atoms with Crippen LogP contribution in [0.25, 0.3) is 11.3 Å². The van der Waals surface area contributed by atoms with Gasteiger partial charge in [0.05, 0.1) is 17.0 Å². The van der Waals surface area contributed by atoms with Crippen molar-refractivity contribution in [2.45, 2.75) is 58.3 Å². The predicted molar refractivity (Wildman–Crippen MR) is 107 cm³/mol. The number of rotatable bonds is 5. The van der Waals surface area contributed by atoms with Gasteiger partial charge in [0.2, 0.25) is 11.9 Å². The Kier molecular flexibility index (Phi) is 5.59. The zero-order valence-corrected chi connectivity index (χ0v) is 16.9. The lowest BCUT2D eigenvalue weighted by Gasteiger charge is -2.32.